The van der Waals surface area contributed by atoms with Gasteiger partial charge in [-0.2, -0.15) is 0 Å². The van der Waals surface area contributed by atoms with Crippen molar-refractivity contribution < 1.29 is 4.79 Å². The average molecular weight is 212 g/mol. The first-order valence-corrected chi connectivity index (χ1v) is 4.85. The van der Waals surface area contributed by atoms with Crippen molar-refractivity contribution in [3.05, 3.63) is 47.2 Å². The van der Waals surface area contributed by atoms with Crippen LogP contribution < -0.4 is 5.73 Å². The number of fused-ring (bicyclic) bond motifs is 3. The smallest absolute Gasteiger partial charge is 0.250 e. The van der Waals surface area contributed by atoms with Crippen LogP contribution in [0, 0.1) is 0 Å². The lowest BCUT2D eigenvalue weighted by Gasteiger charge is -2.14. The Hall–Kier alpha value is -2.30. The maximum Gasteiger partial charge on any atom is 0.250 e. The zero-order chi connectivity index (χ0) is 11.1. The fourth-order valence-electron chi connectivity index (χ4n) is 1.92. The predicted molar refractivity (Wildman–Crippen MR) is 57.6 cm³/mol. The lowest BCUT2D eigenvalue weighted by Crippen LogP contribution is -2.20. The summed E-state index contributed by atoms with van der Waals surface area (Å²) in [6.45, 7) is 0. The molecule has 5 heteroatoms. The number of hydrogen-bond donors (Lipinski definition) is 1. The van der Waals surface area contributed by atoms with E-state index in [0.29, 0.717) is 12.0 Å². The van der Waals surface area contributed by atoms with Crippen LogP contribution in [0.1, 0.15) is 11.3 Å². The molecule has 3 rings (SSSR count). The maximum atomic E-state index is 11.2. The number of primary amides is 1. The zero-order valence-corrected chi connectivity index (χ0v) is 8.34. The van der Waals surface area contributed by atoms with Gasteiger partial charge in [0.2, 0.25) is 0 Å². The summed E-state index contributed by atoms with van der Waals surface area (Å²) < 4.78 is 0. The monoisotopic (exact) mass is 212 g/mol. The van der Waals surface area contributed by atoms with Crippen molar-refractivity contribution in [3.63, 3.8) is 0 Å². The van der Waals surface area contributed by atoms with E-state index in [1.54, 1.807) is 6.20 Å². The van der Waals surface area contributed by atoms with E-state index in [1.165, 1.54) is 12.5 Å². The Morgan fingerprint density at radius 3 is 3.12 bits per heavy atom. The lowest BCUT2D eigenvalue weighted by molar-refractivity contribution is -0.114. The minimum Gasteiger partial charge on any atom is -0.366 e. The molecule has 78 valence electrons. The minimum atomic E-state index is -0.456. The van der Waals surface area contributed by atoms with E-state index in [2.05, 4.69) is 15.0 Å². The van der Waals surface area contributed by atoms with Crippen LogP contribution in [0.25, 0.3) is 0 Å². The Balaban J connectivity index is 2.11. The SMILES string of the molecule is NC(=O)C1=CN=C2C1=CCc1cncnc12. The molecule has 0 radical (unpaired) electrons. The Morgan fingerprint density at radius 2 is 2.31 bits per heavy atom. The van der Waals surface area contributed by atoms with Crippen LogP contribution in [0.4, 0.5) is 0 Å². The molecule has 1 amide bonds. The molecule has 1 aliphatic heterocycles. The molecule has 2 aliphatic rings. The Bertz CT molecular complexity index is 583. The van der Waals surface area contributed by atoms with Gasteiger partial charge in [0.25, 0.3) is 5.91 Å². The van der Waals surface area contributed by atoms with E-state index in [1.807, 2.05) is 6.08 Å². The van der Waals surface area contributed by atoms with E-state index in [0.717, 1.165) is 22.5 Å². The molecule has 1 aromatic heterocycles. The molecular weight excluding hydrogens is 204 g/mol. The number of allylic oxidation sites excluding steroid dienone is 1. The van der Waals surface area contributed by atoms with Gasteiger partial charge in [-0.25, -0.2) is 9.97 Å². The third kappa shape index (κ3) is 1.11. The molecule has 0 saturated heterocycles. The summed E-state index contributed by atoms with van der Waals surface area (Å²) in [4.78, 5) is 23.5. The fraction of sp³-hybridized carbons (Fsp3) is 0.0909. The summed E-state index contributed by atoms with van der Waals surface area (Å²) >= 11 is 0. The Kier molecular flexibility index (Phi) is 1.73. The van der Waals surface area contributed by atoms with Crippen molar-refractivity contribution in [2.75, 3.05) is 0 Å². The van der Waals surface area contributed by atoms with Gasteiger partial charge in [-0.15, -0.1) is 0 Å². The highest BCUT2D eigenvalue weighted by molar-refractivity contribution is 6.23. The van der Waals surface area contributed by atoms with E-state index < -0.39 is 5.91 Å². The lowest BCUT2D eigenvalue weighted by atomic mass is 9.92. The van der Waals surface area contributed by atoms with Crippen LogP contribution in [-0.2, 0) is 11.2 Å². The van der Waals surface area contributed by atoms with Crippen LogP contribution in [0.3, 0.4) is 0 Å². The number of aliphatic imine (C=N–C) groups is 1. The molecule has 0 unspecified atom stereocenters. The first-order chi connectivity index (χ1) is 7.77. The van der Waals surface area contributed by atoms with Crippen molar-refractivity contribution >= 4 is 11.6 Å². The topological polar surface area (TPSA) is 81.2 Å². The highest BCUT2D eigenvalue weighted by Crippen LogP contribution is 2.28. The highest BCUT2D eigenvalue weighted by atomic mass is 16.1. The zero-order valence-electron chi connectivity index (χ0n) is 8.34. The van der Waals surface area contributed by atoms with Gasteiger partial charge in [0.05, 0.1) is 17.0 Å². The molecule has 0 aromatic carbocycles. The largest absolute Gasteiger partial charge is 0.366 e. The number of rotatable bonds is 1. The van der Waals surface area contributed by atoms with Crippen LogP contribution in [0.5, 0.6) is 0 Å². The second-order valence-corrected chi connectivity index (χ2v) is 3.60. The summed E-state index contributed by atoms with van der Waals surface area (Å²) in [5.41, 5.74) is 9.05. The average Bonchev–Trinajstić information content (AvgIpc) is 2.73. The molecule has 16 heavy (non-hydrogen) atoms. The number of nitrogens with two attached hydrogens (primary N) is 1. The van der Waals surface area contributed by atoms with Gasteiger partial charge >= 0.3 is 0 Å². The quantitative estimate of drug-likeness (QED) is 0.718. The predicted octanol–water partition coefficient (Wildman–Crippen LogP) is 0.131. The van der Waals surface area contributed by atoms with Gasteiger partial charge in [0.15, 0.2) is 0 Å². The second kappa shape index (κ2) is 3.10. The number of carbonyl (C=O) groups is 1. The van der Waals surface area contributed by atoms with Gasteiger partial charge in [0, 0.05) is 23.5 Å². The standard InChI is InChI=1S/C11H8N4O/c12-11(16)8-4-14-10-7(8)2-1-6-3-13-5-15-9(6)10/h2-5H,1H2,(H2,12,16). The maximum absolute atomic E-state index is 11.2. The first kappa shape index (κ1) is 8.96. The van der Waals surface area contributed by atoms with Gasteiger partial charge in [-0.1, -0.05) is 6.08 Å². The Labute approximate surface area is 91.4 Å². The van der Waals surface area contributed by atoms with Gasteiger partial charge in [-0.05, 0) is 6.42 Å². The van der Waals surface area contributed by atoms with Crippen LogP contribution in [0.2, 0.25) is 0 Å². The van der Waals surface area contributed by atoms with Gasteiger partial charge in [0.1, 0.15) is 6.33 Å². The van der Waals surface area contributed by atoms with Crippen LogP contribution >= 0.6 is 0 Å². The number of nitrogens with zero attached hydrogens (tertiary/aromatic N) is 3. The third-order valence-electron chi connectivity index (χ3n) is 2.67. The molecular formula is C11H8N4O. The molecule has 2 N–H and O–H groups in total. The van der Waals surface area contributed by atoms with Crippen molar-refractivity contribution in [2.24, 2.45) is 10.7 Å². The van der Waals surface area contributed by atoms with E-state index in [-0.39, 0.29) is 0 Å². The normalized spacial score (nSPS) is 16.9. The molecule has 0 saturated carbocycles. The van der Waals surface area contributed by atoms with Crippen LogP contribution in [0.15, 0.2) is 40.9 Å². The molecule has 2 heterocycles. The van der Waals surface area contributed by atoms with Crippen molar-refractivity contribution in [1.82, 2.24) is 9.97 Å². The van der Waals surface area contributed by atoms with Gasteiger partial charge < -0.3 is 5.73 Å². The molecule has 0 atom stereocenters. The van der Waals surface area contributed by atoms with E-state index in [9.17, 15) is 4.79 Å². The van der Waals surface area contributed by atoms with Crippen molar-refractivity contribution in [2.45, 2.75) is 6.42 Å². The highest BCUT2D eigenvalue weighted by Gasteiger charge is 2.27. The van der Waals surface area contributed by atoms with Crippen molar-refractivity contribution in [3.8, 4) is 0 Å². The first-order valence-electron chi connectivity index (χ1n) is 4.85. The van der Waals surface area contributed by atoms with Gasteiger partial charge in [-0.3, -0.25) is 9.79 Å². The summed E-state index contributed by atoms with van der Waals surface area (Å²) in [5.74, 6) is -0.456. The second-order valence-electron chi connectivity index (χ2n) is 3.60. The molecule has 0 fully saturated rings. The number of carbonyl (C=O) groups excluding carboxylic acids is 1. The fourth-order valence-corrected chi connectivity index (χ4v) is 1.92. The molecule has 0 spiro atoms. The summed E-state index contributed by atoms with van der Waals surface area (Å²) in [7, 11) is 0. The van der Waals surface area contributed by atoms with E-state index in [4.69, 9.17) is 5.73 Å². The number of aromatic nitrogens is 2. The molecule has 0 bridgehead atoms. The summed E-state index contributed by atoms with van der Waals surface area (Å²) in [6, 6.07) is 0. The molecule has 5 nitrogen and oxygen atoms in total. The van der Waals surface area contributed by atoms with E-state index >= 15 is 0 Å². The summed E-state index contributed by atoms with van der Waals surface area (Å²) in [5, 5.41) is 0. The molecule has 1 aromatic rings. The third-order valence-corrected chi connectivity index (χ3v) is 2.67. The minimum absolute atomic E-state index is 0.456. The number of amides is 1. The number of hydrogen-bond acceptors (Lipinski definition) is 4. The summed E-state index contributed by atoms with van der Waals surface area (Å²) in [6.07, 6.45) is 7.39. The molecule has 1 aliphatic carbocycles. The van der Waals surface area contributed by atoms with Crippen molar-refractivity contribution in [1.29, 1.82) is 0 Å². The van der Waals surface area contributed by atoms with Crippen LogP contribution in [-0.4, -0.2) is 21.6 Å². The Morgan fingerprint density at radius 1 is 1.44 bits per heavy atom.